The van der Waals surface area contributed by atoms with Gasteiger partial charge in [-0.25, -0.2) is 14.4 Å². The molecule has 2 unspecified atom stereocenters. The third kappa shape index (κ3) is 17.9. The van der Waals surface area contributed by atoms with Crippen LogP contribution in [0.1, 0.15) is 42.6 Å². The molecule has 1 aliphatic rings. The van der Waals surface area contributed by atoms with Gasteiger partial charge < -0.3 is 34.1 Å². The number of carbonyl (C=O) groups excluding carboxylic acids is 3. The van der Waals surface area contributed by atoms with E-state index in [2.05, 4.69) is 9.47 Å². The summed E-state index contributed by atoms with van der Waals surface area (Å²) in [5.41, 5.74) is 1.52. The summed E-state index contributed by atoms with van der Waals surface area (Å²) < 4.78 is 18.5. The van der Waals surface area contributed by atoms with Crippen molar-refractivity contribution in [2.45, 2.75) is 45.9 Å². The Balaban J connectivity index is 0. The standard InChI is InChI=1S/C18H22N2O5.2C2H4O3.C2H6/c1-13-4-3-5-14(10-13)18(23)24-11-15-6-7-17(25-15)20(2)9-8-16(22)19-12-21;2*1-5-2(3)4;1-2/h3-5,8-10,12,15,17H,6-7,11H2,1-2H3,(H,19,21,22);2*1H3,(H,3,4);1-2H3/b9-8-;;;. The van der Waals surface area contributed by atoms with Crippen molar-refractivity contribution in [3.8, 4) is 0 Å². The lowest BCUT2D eigenvalue weighted by Crippen LogP contribution is -2.29. The minimum atomic E-state index is -1.25. The smallest absolute Gasteiger partial charge is 0.459 e. The molecular formula is C24H36N2O11. The van der Waals surface area contributed by atoms with Crippen molar-refractivity contribution in [3.63, 3.8) is 0 Å². The van der Waals surface area contributed by atoms with Crippen LogP contribution in [0.2, 0.25) is 0 Å². The number of rotatable bonds is 7. The fourth-order valence-corrected chi connectivity index (χ4v) is 2.52. The van der Waals surface area contributed by atoms with Gasteiger partial charge in [0.25, 0.3) is 5.91 Å². The Labute approximate surface area is 215 Å². The second-order valence-corrected chi connectivity index (χ2v) is 6.81. The number of benzene rings is 1. The number of hydrogen-bond acceptors (Lipinski definition) is 10. The van der Waals surface area contributed by atoms with Crippen LogP contribution in [0.15, 0.2) is 36.5 Å². The number of carboxylic acid groups (broad SMARTS) is 2. The summed E-state index contributed by atoms with van der Waals surface area (Å²) in [4.78, 5) is 53.4. The highest BCUT2D eigenvalue weighted by atomic mass is 16.7. The largest absolute Gasteiger partial charge is 0.505 e. The van der Waals surface area contributed by atoms with Crippen LogP contribution in [0.3, 0.4) is 0 Å². The predicted octanol–water partition coefficient (Wildman–Crippen LogP) is 3.02. The van der Waals surface area contributed by atoms with Crippen LogP contribution in [-0.4, -0.2) is 85.9 Å². The van der Waals surface area contributed by atoms with E-state index in [1.54, 1.807) is 30.3 Å². The maximum atomic E-state index is 12.0. The lowest BCUT2D eigenvalue weighted by atomic mass is 10.1. The van der Waals surface area contributed by atoms with Gasteiger partial charge in [-0.1, -0.05) is 31.5 Å². The maximum absolute atomic E-state index is 12.0. The van der Waals surface area contributed by atoms with E-state index in [0.29, 0.717) is 12.0 Å². The molecule has 0 radical (unpaired) electrons. The second-order valence-electron chi connectivity index (χ2n) is 6.81. The van der Waals surface area contributed by atoms with E-state index in [9.17, 15) is 14.4 Å². The van der Waals surface area contributed by atoms with Crippen molar-refractivity contribution in [2.24, 2.45) is 0 Å². The van der Waals surface area contributed by atoms with E-state index in [1.807, 2.05) is 38.2 Å². The van der Waals surface area contributed by atoms with E-state index < -0.39 is 18.2 Å². The maximum Gasteiger partial charge on any atom is 0.505 e. The topological polar surface area (TPSA) is 178 Å². The van der Waals surface area contributed by atoms with Crippen LogP contribution in [0.5, 0.6) is 0 Å². The van der Waals surface area contributed by atoms with E-state index in [0.717, 1.165) is 32.6 Å². The minimum absolute atomic E-state index is 0.182. The van der Waals surface area contributed by atoms with Crippen molar-refractivity contribution < 1.29 is 53.1 Å². The minimum Gasteiger partial charge on any atom is -0.459 e. The van der Waals surface area contributed by atoms with Crippen molar-refractivity contribution >= 4 is 30.6 Å². The van der Waals surface area contributed by atoms with Gasteiger partial charge in [-0.2, -0.15) is 0 Å². The molecule has 3 N–H and O–H groups in total. The Hall–Kier alpha value is -4.13. The molecule has 208 valence electrons. The number of imide groups is 1. The van der Waals surface area contributed by atoms with Crippen molar-refractivity contribution in [2.75, 3.05) is 27.9 Å². The van der Waals surface area contributed by atoms with Gasteiger partial charge in [0, 0.05) is 19.3 Å². The first kappa shape index (κ1) is 35.0. The molecule has 37 heavy (non-hydrogen) atoms. The van der Waals surface area contributed by atoms with Gasteiger partial charge in [0.1, 0.15) is 12.8 Å². The molecule has 1 aromatic rings. The van der Waals surface area contributed by atoms with Crippen LogP contribution < -0.4 is 5.32 Å². The summed E-state index contributed by atoms with van der Waals surface area (Å²) in [6, 6.07) is 7.23. The Kier molecular flexibility index (Phi) is 20.1. The zero-order valence-electron chi connectivity index (χ0n) is 21.8. The molecule has 0 spiro atoms. The SMILES string of the molecule is CC.COC(=O)O.COC(=O)O.Cc1cccc(C(=O)OCC2CCC(N(C)/C=C\C(=O)NC=O)O2)c1. The molecule has 13 heteroatoms. The fourth-order valence-electron chi connectivity index (χ4n) is 2.52. The van der Waals surface area contributed by atoms with Crippen LogP contribution in [-0.2, 0) is 28.5 Å². The fraction of sp³-hybridized carbons (Fsp3) is 0.458. The highest BCUT2D eigenvalue weighted by Gasteiger charge is 2.28. The van der Waals surface area contributed by atoms with Gasteiger partial charge in [0.05, 0.1) is 25.9 Å². The molecule has 1 saturated heterocycles. The number of methoxy groups -OCH3 is 2. The molecule has 0 saturated carbocycles. The summed E-state index contributed by atoms with van der Waals surface area (Å²) in [7, 11) is 3.97. The van der Waals surface area contributed by atoms with Crippen molar-refractivity contribution in [3.05, 3.63) is 47.7 Å². The summed E-state index contributed by atoms with van der Waals surface area (Å²) in [6.45, 7) is 6.10. The number of esters is 1. The van der Waals surface area contributed by atoms with E-state index >= 15 is 0 Å². The number of ether oxygens (including phenoxy) is 4. The molecule has 13 nitrogen and oxygen atoms in total. The molecule has 1 fully saturated rings. The Morgan fingerprint density at radius 1 is 1.11 bits per heavy atom. The molecule has 1 heterocycles. The zero-order valence-corrected chi connectivity index (χ0v) is 21.8. The summed E-state index contributed by atoms with van der Waals surface area (Å²) in [5.74, 6) is -0.863. The number of carbonyl (C=O) groups is 5. The normalized spacial score (nSPS) is 15.2. The van der Waals surface area contributed by atoms with Gasteiger partial charge in [-0.15, -0.1) is 0 Å². The summed E-state index contributed by atoms with van der Waals surface area (Å²) in [5, 5.41) is 17.0. The first-order chi connectivity index (χ1) is 17.5. The highest BCUT2D eigenvalue weighted by Crippen LogP contribution is 2.22. The van der Waals surface area contributed by atoms with Crippen LogP contribution in [0, 0.1) is 6.92 Å². The first-order valence-corrected chi connectivity index (χ1v) is 11.1. The van der Waals surface area contributed by atoms with Crippen LogP contribution >= 0.6 is 0 Å². The third-order valence-corrected chi connectivity index (χ3v) is 4.20. The quantitative estimate of drug-likeness (QED) is 0.204. The molecule has 0 bridgehead atoms. The number of amides is 2. The molecule has 2 rings (SSSR count). The van der Waals surface area contributed by atoms with E-state index in [4.69, 9.17) is 29.3 Å². The predicted molar refractivity (Wildman–Crippen MR) is 132 cm³/mol. The average Bonchev–Trinajstić information content (AvgIpc) is 3.37. The molecule has 1 aromatic carbocycles. The molecule has 2 amide bonds. The monoisotopic (exact) mass is 528 g/mol. The third-order valence-electron chi connectivity index (χ3n) is 4.20. The molecular weight excluding hydrogens is 492 g/mol. The van der Waals surface area contributed by atoms with Gasteiger partial charge in [0.2, 0.25) is 6.41 Å². The Morgan fingerprint density at radius 2 is 1.68 bits per heavy atom. The molecule has 2 atom stereocenters. The van der Waals surface area contributed by atoms with Gasteiger partial charge in [-0.3, -0.25) is 14.9 Å². The molecule has 0 aromatic heterocycles. The summed E-state index contributed by atoms with van der Waals surface area (Å²) >= 11 is 0. The molecule has 1 aliphatic heterocycles. The average molecular weight is 529 g/mol. The number of hydrogen-bond donors (Lipinski definition) is 3. The number of aryl methyl sites for hydroxylation is 1. The van der Waals surface area contributed by atoms with Crippen LogP contribution in [0.25, 0.3) is 0 Å². The van der Waals surface area contributed by atoms with Crippen LogP contribution in [0.4, 0.5) is 9.59 Å². The van der Waals surface area contributed by atoms with Crippen molar-refractivity contribution in [1.29, 1.82) is 0 Å². The van der Waals surface area contributed by atoms with Crippen molar-refractivity contribution in [1.82, 2.24) is 10.2 Å². The molecule has 0 aliphatic carbocycles. The number of nitrogens with zero attached hydrogens (tertiary/aromatic N) is 1. The van der Waals surface area contributed by atoms with Gasteiger partial charge in [0.15, 0.2) is 0 Å². The second kappa shape index (κ2) is 21.2. The van der Waals surface area contributed by atoms with Gasteiger partial charge in [-0.05, 0) is 31.9 Å². The first-order valence-electron chi connectivity index (χ1n) is 11.1. The Bertz CT molecular complexity index is 860. The zero-order chi connectivity index (χ0) is 28.8. The highest BCUT2D eigenvalue weighted by molar-refractivity contribution is 5.94. The number of nitrogens with one attached hydrogen (secondary N) is 1. The summed E-state index contributed by atoms with van der Waals surface area (Å²) in [6.07, 6.45) is 1.76. The lowest BCUT2D eigenvalue weighted by Gasteiger charge is -2.22. The van der Waals surface area contributed by atoms with E-state index in [1.165, 1.54) is 6.08 Å². The Morgan fingerprint density at radius 3 is 2.16 bits per heavy atom. The lowest BCUT2D eigenvalue weighted by molar-refractivity contribution is -0.121. The van der Waals surface area contributed by atoms with E-state index in [-0.39, 0.29) is 24.9 Å². The van der Waals surface area contributed by atoms with Gasteiger partial charge >= 0.3 is 18.3 Å².